The fourth-order valence-corrected chi connectivity index (χ4v) is 3.91. The van der Waals surface area contributed by atoms with E-state index in [-0.39, 0.29) is 6.03 Å². The third kappa shape index (κ3) is 4.57. The van der Waals surface area contributed by atoms with E-state index in [1.807, 2.05) is 125 Å². The minimum atomic E-state index is -0.127. The van der Waals surface area contributed by atoms with Gasteiger partial charge in [-0.3, -0.25) is 9.80 Å². The number of aryl methyl sites for hydroxylation is 4. The van der Waals surface area contributed by atoms with Crippen molar-refractivity contribution in [1.82, 2.24) is 0 Å². The van der Waals surface area contributed by atoms with Gasteiger partial charge >= 0.3 is 6.03 Å². The van der Waals surface area contributed by atoms with Gasteiger partial charge in [0.05, 0.1) is 22.7 Å². The first-order valence-corrected chi connectivity index (χ1v) is 10.8. The van der Waals surface area contributed by atoms with E-state index < -0.39 is 0 Å². The van der Waals surface area contributed by atoms with Gasteiger partial charge in [-0.1, -0.05) is 48.5 Å². The highest BCUT2D eigenvalue weighted by atomic mass is 16.2. The number of amides is 2. The Labute approximate surface area is 190 Å². The molecule has 3 nitrogen and oxygen atoms in total. The van der Waals surface area contributed by atoms with Gasteiger partial charge in [0.1, 0.15) is 0 Å². The molecule has 0 spiro atoms. The molecule has 0 bridgehead atoms. The van der Waals surface area contributed by atoms with E-state index in [9.17, 15) is 4.79 Å². The summed E-state index contributed by atoms with van der Waals surface area (Å²) in [4.78, 5) is 17.9. The Morgan fingerprint density at radius 2 is 0.719 bits per heavy atom. The quantitative estimate of drug-likeness (QED) is 0.328. The summed E-state index contributed by atoms with van der Waals surface area (Å²) in [5.41, 5.74) is 7.76. The first kappa shape index (κ1) is 21.4. The molecule has 0 aliphatic heterocycles. The van der Waals surface area contributed by atoms with Gasteiger partial charge in [0.2, 0.25) is 0 Å². The highest BCUT2D eigenvalue weighted by Gasteiger charge is 2.27. The number of anilines is 4. The maximum absolute atomic E-state index is 14.3. The molecule has 160 valence electrons. The van der Waals surface area contributed by atoms with Crippen LogP contribution in [0.4, 0.5) is 27.5 Å². The van der Waals surface area contributed by atoms with E-state index in [1.165, 1.54) is 0 Å². The van der Waals surface area contributed by atoms with Crippen molar-refractivity contribution in [3.8, 4) is 0 Å². The van der Waals surface area contributed by atoms with E-state index in [1.54, 1.807) is 9.80 Å². The van der Waals surface area contributed by atoms with Crippen LogP contribution < -0.4 is 9.80 Å². The Hall–Kier alpha value is -3.85. The first-order valence-electron chi connectivity index (χ1n) is 10.8. The summed E-state index contributed by atoms with van der Waals surface area (Å²) in [6, 6.07) is 32.1. The Balaban J connectivity index is 1.92. The normalized spacial score (nSPS) is 10.6. The number of nitrogens with zero attached hydrogens (tertiary/aromatic N) is 2. The van der Waals surface area contributed by atoms with Crippen LogP contribution in [-0.4, -0.2) is 6.03 Å². The maximum Gasteiger partial charge on any atom is 0.338 e. The van der Waals surface area contributed by atoms with Gasteiger partial charge < -0.3 is 0 Å². The monoisotopic (exact) mass is 420 g/mol. The third-order valence-electron chi connectivity index (χ3n) is 5.42. The second-order valence-corrected chi connectivity index (χ2v) is 8.31. The van der Waals surface area contributed by atoms with Crippen molar-refractivity contribution < 1.29 is 4.79 Å². The minimum absolute atomic E-state index is 0.127. The molecule has 3 heteroatoms. The van der Waals surface area contributed by atoms with Crippen molar-refractivity contribution in [2.75, 3.05) is 9.80 Å². The van der Waals surface area contributed by atoms with E-state index in [0.717, 1.165) is 45.0 Å². The zero-order chi connectivity index (χ0) is 22.7. The number of benzene rings is 4. The number of urea groups is 1. The van der Waals surface area contributed by atoms with Crippen LogP contribution in [-0.2, 0) is 0 Å². The van der Waals surface area contributed by atoms with E-state index in [4.69, 9.17) is 0 Å². The van der Waals surface area contributed by atoms with Crippen LogP contribution in [0.2, 0.25) is 0 Å². The smallest absolute Gasteiger partial charge is 0.262 e. The van der Waals surface area contributed by atoms with Crippen LogP contribution in [0.15, 0.2) is 97.1 Å². The molecule has 2 amide bonds. The van der Waals surface area contributed by atoms with E-state index >= 15 is 0 Å². The van der Waals surface area contributed by atoms with E-state index in [0.29, 0.717) is 0 Å². The van der Waals surface area contributed by atoms with Gasteiger partial charge in [0.15, 0.2) is 0 Å². The van der Waals surface area contributed by atoms with E-state index in [2.05, 4.69) is 0 Å². The first-order chi connectivity index (χ1) is 15.4. The molecule has 0 unspecified atom stereocenters. The fourth-order valence-electron chi connectivity index (χ4n) is 3.91. The predicted octanol–water partition coefficient (Wildman–Crippen LogP) is 8.02. The number of rotatable bonds is 4. The molecule has 0 atom stereocenters. The molecule has 0 fully saturated rings. The van der Waals surface area contributed by atoms with Crippen molar-refractivity contribution in [3.05, 3.63) is 119 Å². The summed E-state index contributed by atoms with van der Waals surface area (Å²) in [5, 5.41) is 0. The van der Waals surface area contributed by atoms with Gasteiger partial charge in [-0.15, -0.1) is 0 Å². The number of hydrogen-bond donors (Lipinski definition) is 0. The molecule has 0 aliphatic rings. The molecule has 0 heterocycles. The number of hydrogen-bond acceptors (Lipinski definition) is 1. The van der Waals surface area contributed by atoms with Gasteiger partial charge in [-0.05, 0) is 98.5 Å². The molecule has 4 aromatic carbocycles. The summed E-state index contributed by atoms with van der Waals surface area (Å²) < 4.78 is 0. The van der Waals surface area contributed by atoms with Gasteiger partial charge in [0, 0.05) is 0 Å². The Morgan fingerprint density at radius 1 is 0.469 bits per heavy atom. The van der Waals surface area contributed by atoms with Crippen LogP contribution in [0.1, 0.15) is 22.3 Å². The second kappa shape index (κ2) is 9.11. The molecule has 0 saturated heterocycles. The molecule has 0 saturated carbocycles. The zero-order valence-corrected chi connectivity index (χ0v) is 19.0. The summed E-state index contributed by atoms with van der Waals surface area (Å²) in [7, 11) is 0. The lowest BCUT2D eigenvalue weighted by Crippen LogP contribution is -2.38. The van der Waals surface area contributed by atoms with Crippen LogP contribution >= 0.6 is 0 Å². The van der Waals surface area contributed by atoms with Crippen LogP contribution in [0.25, 0.3) is 0 Å². The summed E-state index contributed by atoms with van der Waals surface area (Å²) in [6.07, 6.45) is 0. The van der Waals surface area contributed by atoms with Gasteiger partial charge in [-0.25, -0.2) is 4.79 Å². The highest BCUT2D eigenvalue weighted by Crippen LogP contribution is 2.34. The fraction of sp³-hybridized carbons (Fsp3) is 0.138. The molecular formula is C29H28N2O. The zero-order valence-electron chi connectivity index (χ0n) is 19.0. The molecule has 0 aromatic heterocycles. The minimum Gasteiger partial charge on any atom is -0.262 e. The Bertz CT molecular complexity index is 1070. The van der Waals surface area contributed by atoms with Crippen LogP contribution in [0.3, 0.4) is 0 Å². The van der Waals surface area contributed by atoms with Gasteiger partial charge in [0.25, 0.3) is 0 Å². The third-order valence-corrected chi connectivity index (χ3v) is 5.42. The molecule has 0 N–H and O–H groups in total. The highest BCUT2D eigenvalue weighted by molar-refractivity contribution is 6.12. The Morgan fingerprint density at radius 3 is 0.938 bits per heavy atom. The summed E-state index contributed by atoms with van der Waals surface area (Å²) in [6.45, 7) is 8.17. The predicted molar refractivity (Wildman–Crippen MR) is 134 cm³/mol. The standard InChI is InChI=1S/C29H28N2O/c1-21-9-5-13-25(17-21)30(26-14-6-10-22(2)18-26)29(32)31(27-15-7-11-23(3)19-27)28-16-8-12-24(4)20-28/h5-20H,1-4H3. The van der Waals surface area contributed by atoms with Crippen LogP contribution in [0, 0.1) is 27.7 Å². The lowest BCUT2D eigenvalue weighted by molar-refractivity contribution is 0.255. The van der Waals surface area contributed by atoms with Crippen molar-refractivity contribution in [3.63, 3.8) is 0 Å². The summed E-state index contributed by atoms with van der Waals surface area (Å²) in [5.74, 6) is 0. The average Bonchev–Trinajstić information content (AvgIpc) is 2.74. The second-order valence-electron chi connectivity index (χ2n) is 8.31. The lowest BCUT2D eigenvalue weighted by Gasteiger charge is -2.32. The molecule has 0 aliphatic carbocycles. The number of carbonyl (C=O) groups excluding carboxylic acids is 1. The molecule has 4 rings (SSSR count). The Kier molecular flexibility index (Phi) is 6.09. The molecule has 32 heavy (non-hydrogen) atoms. The molecule has 0 radical (unpaired) electrons. The van der Waals surface area contributed by atoms with Crippen molar-refractivity contribution >= 4 is 28.8 Å². The number of carbonyl (C=O) groups is 1. The molecule has 4 aromatic rings. The molecular weight excluding hydrogens is 392 g/mol. The average molecular weight is 421 g/mol. The topological polar surface area (TPSA) is 23.6 Å². The van der Waals surface area contributed by atoms with Gasteiger partial charge in [-0.2, -0.15) is 0 Å². The maximum atomic E-state index is 14.3. The van der Waals surface area contributed by atoms with Crippen molar-refractivity contribution in [2.45, 2.75) is 27.7 Å². The van der Waals surface area contributed by atoms with Crippen molar-refractivity contribution in [1.29, 1.82) is 0 Å². The SMILES string of the molecule is Cc1cccc(N(C(=O)N(c2cccc(C)c2)c2cccc(C)c2)c2cccc(C)c2)c1. The largest absolute Gasteiger partial charge is 0.338 e. The summed E-state index contributed by atoms with van der Waals surface area (Å²) >= 11 is 0. The lowest BCUT2D eigenvalue weighted by atomic mass is 10.1. The van der Waals surface area contributed by atoms with Crippen LogP contribution in [0.5, 0.6) is 0 Å². The van der Waals surface area contributed by atoms with Crippen molar-refractivity contribution in [2.24, 2.45) is 0 Å².